The molecule has 0 unspecified atom stereocenters. The average molecular weight is 265 g/mol. The van der Waals surface area contributed by atoms with Crippen LogP contribution in [0, 0.1) is 5.82 Å². The number of nitrogens with zero attached hydrogens (tertiary/aromatic N) is 1. The predicted octanol–water partition coefficient (Wildman–Crippen LogP) is 2.52. The lowest BCUT2D eigenvalue weighted by atomic mass is 10.1. The lowest BCUT2D eigenvalue weighted by Crippen LogP contribution is -2.31. The molecule has 0 aliphatic rings. The minimum absolute atomic E-state index is 0.135. The van der Waals surface area contributed by atoms with Gasteiger partial charge in [-0.3, -0.25) is 4.90 Å². The van der Waals surface area contributed by atoms with Crippen LogP contribution < -0.4 is 0 Å². The van der Waals surface area contributed by atoms with Gasteiger partial charge in [0.15, 0.2) is 0 Å². The van der Waals surface area contributed by atoms with Gasteiger partial charge in [0.1, 0.15) is 5.82 Å². The molecule has 18 heavy (non-hydrogen) atoms. The first kappa shape index (κ1) is 14.4. The number of rotatable bonds is 4. The van der Waals surface area contributed by atoms with Crippen molar-refractivity contribution in [3.8, 4) is 0 Å². The Morgan fingerprint density at radius 3 is 2.50 bits per heavy atom. The Morgan fingerprint density at radius 2 is 2.00 bits per heavy atom. The first-order valence-corrected chi connectivity index (χ1v) is 4.96. The van der Waals surface area contributed by atoms with Gasteiger partial charge in [-0.2, -0.15) is 13.2 Å². The molecule has 0 heterocycles. The van der Waals surface area contributed by atoms with Gasteiger partial charge in [-0.05, 0) is 24.7 Å². The Labute approximate surface area is 101 Å². The first-order chi connectivity index (χ1) is 8.19. The zero-order valence-corrected chi connectivity index (χ0v) is 9.46. The molecule has 100 valence electrons. The summed E-state index contributed by atoms with van der Waals surface area (Å²) in [6.07, 6.45) is -4.36. The molecule has 1 N–H and O–H groups in total. The van der Waals surface area contributed by atoms with Gasteiger partial charge in [-0.15, -0.1) is 0 Å². The van der Waals surface area contributed by atoms with E-state index in [-0.39, 0.29) is 17.7 Å². The summed E-state index contributed by atoms with van der Waals surface area (Å²) in [5, 5.41) is 8.83. The number of hydrogen-bond donors (Lipinski definition) is 1. The summed E-state index contributed by atoms with van der Waals surface area (Å²) >= 11 is 0. The molecule has 0 spiro atoms. The zero-order valence-electron chi connectivity index (χ0n) is 9.46. The predicted molar refractivity (Wildman–Crippen MR) is 55.7 cm³/mol. The highest BCUT2D eigenvalue weighted by Gasteiger charge is 2.29. The molecule has 0 amide bonds. The summed E-state index contributed by atoms with van der Waals surface area (Å²) in [6.45, 7) is -1.38. The van der Waals surface area contributed by atoms with Crippen LogP contribution in [0.25, 0.3) is 0 Å². The van der Waals surface area contributed by atoms with Crippen molar-refractivity contribution in [3.05, 3.63) is 35.1 Å². The van der Waals surface area contributed by atoms with E-state index in [0.29, 0.717) is 0 Å². The van der Waals surface area contributed by atoms with Crippen LogP contribution in [0.5, 0.6) is 0 Å². The van der Waals surface area contributed by atoms with Crippen LogP contribution in [0.4, 0.5) is 17.6 Å². The fourth-order valence-electron chi connectivity index (χ4n) is 1.54. The van der Waals surface area contributed by atoms with E-state index in [4.69, 9.17) is 5.11 Å². The maximum Gasteiger partial charge on any atom is 0.401 e. The first-order valence-electron chi connectivity index (χ1n) is 4.96. The van der Waals surface area contributed by atoms with Crippen LogP contribution in [0.15, 0.2) is 18.2 Å². The van der Waals surface area contributed by atoms with E-state index in [9.17, 15) is 22.4 Å². The fourth-order valence-corrected chi connectivity index (χ4v) is 1.54. The van der Waals surface area contributed by atoms with Crippen molar-refractivity contribution in [1.29, 1.82) is 0 Å². The highest BCUT2D eigenvalue weighted by Crippen LogP contribution is 2.19. The molecule has 7 heteroatoms. The van der Waals surface area contributed by atoms with Gasteiger partial charge in [0.2, 0.25) is 0 Å². The average Bonchev–Trinajstić information content (AvgIpc) is 2.17. The summed E-state index contributed by atoms with van der Waals surface area (Å²) in [4.78, 5) is 11.7. The maximum absolute atomic E-state index is 12.9. The van der Waals surface area contributed by atoms with Gasteiger partial charge < -0.3 is 5.11 Å². The monoisotopic (exact) mass is 265 g/mol. The largest absolute Gasteiger partial charge is 0.478 e. The molecule has 1 rings (SSSR count). The van der Waals surface area contributed by atoms with Gasteiger partial charge >= 0.3 is 12.1 Å². The number of carbonyl (C=O) groups is 1. The van der Waals surface area contributed by atoms with Crippen LogP contribution in [0.2, 0.25) is 0 Å². The molecule has 0 aliphatic carbocycles. The molecular weight excluding hydrogens is 254 g/mol. The van der Waals surface area contributed by atoms with Crippen LogP contribution in [0.1, 0.15) is 15.9 Å². The van der Waals surface area contributed by atoms with Crippen molar-refractivity contribution in [2.75, 3.05) is 13.6 Å². The number of benzene rings is 1. The van der Waals surface area contributed by atoms with E-state index < -0.39 is 24.5 Å². The Morgan fingerprint density at radius 1 is 1.39 bits per heavy atom. The van der Waals surface area contributed by atoms with Crippen LogP contribution in [0.3, 0.4) is 0 Å². The van der Waals surface area contributed by atoms with E-state index >= 15 is 0 Å². The van der Waals surface area contributed by atoms with Crippen molar-refractivity contribution in [2.45, 2.75) is 12.7 Å². The quantitative estimate of drug-likeness (QED) is 0.850. The van der Waals surface area contributed by atoms with Crippen molar-refractivity contribution in [3.63, 3.8) is 0 Å². The van der Waals surface area contributed by atoms with Crippen LogP contribution >= 0.6 is 0 Å². The number of carboxylic acids is 1. The minimum atomic E-state index is -4.36. The van der Waals surface area contributed by atoms with Gasteiger partial charge in [-0.1, -0.05) is 6.07 Å². The van der Waals surface area contributed by atoms with Crippen LogP contribution in [-0.4, -0.2) is 35.7 Å². The molecule has 0 saturated heterocycles. The van der Waals surface area contributed by atoms with Crippen molar-refractivity contribution in [2.24, 2.45) is 0 Å². The zero-order chi connectivity index (χ0) is 13.9. The summed E-state index contributed by atoms with van der Waals surface area (Å²) < 4.78 is 49.2. The minimum Gasteiger partial charge on any atom is -0.478 e. The molecule has 0 aliphatic heterocycles. The van der Waals surface area contributed by atoms with E-state index in [1.54, 1.807) is 0 Å². The van der Waals surface area contributed by atoms with Crippen molar-refractivity contribution < 1.29 is 27.5 Å². The molecule has 0 radical (unpaired) electrons. The summed E-state index contributed by atoms with van der Waals surface area (Å²) in [6, 6.07) is 2.98. The normalized spacial score (nSPS) is 11.9. The molecule has 3 nitrogen and oxygen atoms in total. The Kier molecular flexibility index (Phi) is 4.28. The molecule has 1 aromatic carbocycles. The highest BCUT2D eigenvalue weighted by molar-refractivity contribution is 5.89. The molecule has 0 atom stereocenters. The third-order valence-corrected chi connectivity index (χ3v) is 2.19. The smallest absolute Gasteiger partial charge is 0.401 e. The van der Waals surface area contributed by atoms with Crippen LogP contribution in [-0.2, 0) is 6.54 Å². The second-order valence-electron chi connectivity index (χ2n) is 3.89. The highest BCUT2D eigenvalue weighted by atomic mass is 19.4. The third kappa shape index (κ3) is 4.33. The van der Waals surface area contributed by atoms with E-state index in [1.165, 1.54) is 13.1 Å². The second kappa shape index (κ2) is 5.34. The molecule has 0 saturated carbocycles. The van der Waals surface area contributed by atoms with Gasteiger partial charge in [-0.25, -0.2) is 9.18 Å². The van der Waals surface area contributed by atoms with Crippen molar-refractivity contribution in [1.82, 2.24) is 4.90 Å². The number of aromatic carboxylic acids is 1. The SMILES string of the molecule is CN(Cc1ccc(F)cc1C(=O)O)CC(F)(F)F. The topological polar surface area (TPSA) is 40.5 Å². The van der Waals surface area contributed by atoms with Gasteiger partial charge in [0.05, 0.1) is 12.1 Å². The van der Waals surface area contributed by atoms with Crippen molar-refractivity contribution >= 4 is 5.97 Å². The number of hydrogen-bond acceptors (Lipinski definition) is 2. The molecule has 0 fully saturated rings. The number of alkyl halides is 3. The fraction of sp³-hybridized carbons (Fsp3) is 0.364. The lowest BCUT2D eigenvalue weighted by molar-refractivity contribution is -0.144. The molecule has 0 bridgehead atoms. The van der Waals surface area contributed by atoms with Gasteiger partial charge in [0, 0.05) is 6.54 Å². The Bertz CT molecular complexity index is 445. The third-order valence-electron chi connectivity index (χ3n) is 2.19. The Balaban J connectivity index is 2.87. The lowest BCUT2D eigenvalue weighted by Gasteiger charge is -2.19. The summed E-state index contributed by atoms with van der Waals surface area (Å²) in [7, 11) is 1.21. The summed E-state index contributed by atoms with van der Waals surface area (Å²) in [5.41, 5.74) is -0.195. The molecular formula is C11H11F4NO2. The van der Waals surface area contributed by atoms with E-state index in [0.717, 1.165) is 17.0 Å². The van der Waals surface area contributed by atoms with E-state index in [2.05, 4.69) is 0 Å². The van der Waals surface area contributed by atoms with Gasteiger partial charge in [0.25, 0.3) is 0 Å². The summed E-state index contributed by atoms with van der Waals surface area (Å²) in [5.74, 6) is -2.11. The number of halogens is 4. The molecule has 0 aromatic heterocycles. The Hall–Kier alpha value is -1.63. The maximum atomic E-state index is 12.9. The second-order valence-corrected chi connectivity index (χ2v) is 3.89. The standard InChI is InChI=1S/C11H11F4NO2/c1-16(6-11(13,14)15)5-7-2-3-8(12)4-9(7)10(17)18/h2-4H,5-6H2,1H3,(H,17,18). The molecule has 1 aromatic rings. The van der Waals surface area contributed by atoms with E-state index in [1.807, 2.05) is 0 Å². The number of carboxylic acid groups (broad SMARTS) is 1.